The van der Waals surface area contributed by atoms with Gasteiger partial charge >= 0.3 is 0 Å². The molecule has 0 saturated heterocycles. The summed E-state index contributed by atoms with van der Waals surface area (Å²) in [5.41, 5.74) is 0.729. The van der Waals surface area contributed by atoms with E-state index in [1.54, 1.807) is 13.0 Å². The van der Waals surface area contributed by atoms with Gasteiger partial charge in [-0.15, -0.1) is 0 Å². The molecule has 0 radical (unpaired) electrons. The van der Waals surface area contributed by atoms with Crippen LogP contribution in [0.1, 0.15) is 5.56 Å². The zero-order valence-electron chi connectivity index (χ0n) is 13.0. The maximum Gasteiger partial charge on any atom is 0.251 e. The summed E-state index contributed by atoms with van der Waals surface area (Å²) >= 11 is 0. The van der Waals surface area contributed by atoms with Gasteiger partial charge in [-0.3, -0.25) is 14.4 Å². The van der Waals surface area contributed by atoms with Gasteiger partial charge in [0, 0.05) is 18.0 Å². The molecule has 0 unspecified atom stereocenters. The third-order valence-electron chi connectivity index (χ3n) is 3.16. The van der Waals surface area contributed by atoms with Crippen molar-refractivity contribution in [3.63, 3.8) is 0 Å². The SMILES string of the molecule is C=CC(=O)Nc1cc(NC(=O)Cn2ccc(C)cc2=O)ccc1F. The number of benzene rings is 1. The van der Waals surface area contributed by atoms with E-state index in [2.05, 4.69) is 17.2 Å². The van der Waals surface area contributed by atoms with Crippen molar-refractivity contribution in [3.8, 4) is 0 Å². The number of aryl methyl sites for hydroxylation is 1. The minimum atomic E-state index is -0.641. The highest BCUT2D eigenvalue weighted by Crippen LogP contribution is 2.19. The molecule has 0 fully saturated rings. The van der Waals surface area contributed by atoms with Crippen LogP contribution in [0.2, 0.25) is 0 Å². The molecule has 0 aliphatic rings. The number of nitrogens with one attached hydrogen (secondary N) is 2. The van der Waals surface area contributed by atoms with Crippen molar-refractivity contribution in [2.75, 3.05) is 10.6 Å². The summed E-state index contributed by atoms with van der Waals surface area (Å²) in [5, 5.41) is 4.85. The molecule has 1 aromatic carbocycles. The zero-order chi connectivity index (χ0) is 17.7. The van der Waals surface area contributed by atoms with E-state index >= 15 is 0 Å². The van der Waals surface area contributed by atoms with Gasteiger partial charge in [0.25, 0.3) is 5.56 Å². The molecule has 2 rings (SSSR count). The molecule has 1 aromatic heterocycles. The predicted molar refractivity (Wildman–Crippen MR) is 89.3 cm³/mol. The van der Waals surface area contributed by atoms with Gasteiger partial charge < -0.3 is 15.2 Å². The van der Waals surface area contributed by atoms with Crippen LogP contribution in [0.3, 0.4) is 0 Å². The lowest BCUT2D eigenvalue weighted by atomic mass is 10.2. The molecule has 1 heterocycles. The molecule has 2 aromatic rings. The monoisotopic (exact) mass is 329 g/mol. The number of amides is 2. The third-order valence-corrected chi connectivity index (χ3v) is 3.16. The number of halogens is 1. The van der Waals surface area contributed by atoms with E-state index in [4.69, 9.17) is 0 Å². The highest BCUT2D eigenvalue weighted by molar-refractivity contribution is 5.99. The van der Waals surface area contributed by atoms with Crippen LogP contribution >= 0.6 is 0 Å². The second-order valence-corrected chi connectivity index (χ2v) is 5.11. The van der Waals surface area contributed by atoms with Crippen molar-refractivity contribution in [1.29, 1.82) is 0 Å². The lowest BCUT2D eigenvalue weighted by molar-refractivity contribution is -0.116. The number of aromatic nitrogens is 1. The summed E-state index contributed by atoms with van der Waals surface area (Å²) in [4.78, 5) is 35.0. The van der Waals surface area contributed by atoms with Gasteiger partial charge in [0.2, 0.25) is 11.8 Å². The molecule has 7 heteroatoms. The van der Waals surface area contributed by atoms with E-state index in [1.807, 2.05) is 0 Å². The Kier molecular flexibility index (Phi) is 5.26. The van der Waals surface area contributed by atoms with E-state index in [9.17, 15) is 18.8 Å². The van der Waals surface area contributed by atoms with E-state index in [0.29, 0.717) is 5.69 Å². The van der Waals surface area contributed by atoms with Crippen LogP contribution < -0.4 is 16.2 Å². The van der Waals surface area contributed by atoms with Crippen molar-refractivity contribution in [3.05, 3.63) is 70.9 Å². The van der Waals surface area contributed by atoms with Crippen LogP contribution in [0.15, 0.2) is 54.0 Å². The van der Waals surface area contributed by atoms with E-state index in [0.717, 1.165) is 17.7 Å². The van der Waals surface area contributed by atoms with Crippen molar-refractivity contribution in [1.82, 2.24) is 4.57 Å². The van der Waals surface area contributed by atoms with Crippen LogP contribution in [0.25, 0.3) is 0 Å². The summed E-state index contributed by atoms with van der Waals surface area (Å²) in [5.74, 6) is -1.66. The first kappa shape index (κ1) is 17.1. The first-order valence-electron chi connectivity index (χ1n) is 7.09. The van der Waals surface area contributed by atoms with Gasteiger partial charge in [0.15, 0.2) is 0 Å². The fourth-order valence-corrected chi connectivity index (χ4v) is 1.98. The predicted octanol–water partition coefficient (Wildman–Crippen LogP) is 2.06. The summed E-state index contributed by atoms with van der Waals surface area (Å²) < 4.78 is 14.9. The molecule has 0 bridgehead atoms. The number of hydrogen-bond acceptors (Lipinski definition) is 3. The highest BCUT2D eigenvalue weighted by Gasteiger charge is 2.09. The Balaban J connectivity index is 2.11. The molecule has 2 amide bonds. The molecule has 24 heavy (non-hydrogen) atoms. The summed E-state index contributed by atoms with van der Waals surface area (Å²) in [7, 11) is 0. The Morgan fingerprint density at radius 2 is 2.00 bits per heavy atom. The third kappa shape index (κ3) is 4.39. The van der Waals surface area contributed by atoms with Gasteiger partial charge in [0.05, 0.1) is 5.69 Å². The van der Waals surface area contributed by atoms with Crippen LogP contribution in [-0.2, 0) is 16.1 Å². The Morgan fingerprint density at radius 1 is 1.25 bits per heavy atom. The minimum Gasteiger partial charge on any atom is -0.324 e. The molecule has 0 spiro atoms. The fraction of sp³-hybridized carbons (Fsp3) is 0.118. The summed E-state index contributed by atoms with van der Waals surface area (Å²) in [6.45, 7) is 4.89. The molecule has 0 atom stereocenters. The van der Waals surface area contributed by atoms with Crippen molar-refractivity contribution >= 4 is 23.2 Å². The Morgan fingerprint density at radius 3 is 2.67 bits per heavy atom. The maximum atomic E-state index is 13.6. The number of carbonyl (C=O) groups is 2. The number of pyridine rings is 1. The Labute approximate surface area is 137 Å². The first-order chi connectivity index (χ1) is 11.4. The average Bonchev–Trinajstić information content (AvgIpc) is 2.53. The summed E-state index contributed by atoms with van der Waals surface area (Å²) in [6.07, 6.45) is 2.53. The van der Waals surface area contributed by atoms with Gasteiger partial charge in [-0.25, -0.2) is 4.39 Å². The minimum absolute atomic E-state index is 0.0785. The second-order valence-electron chi connectivity index (χ2n) is 5.11. The number of anilines is 2. The van der Waals surface area contributed by atoms with Gasteiger partial charge in [-0.05, 0) is 42.8 Å². The highest BCUT2D eigenvalue weighted by atomic mass is 19.1. The van der Waals surface area contributed by atoms with Crippen LogP contribution in [0.5, 0.6) is 0 Å². The fourth-order valence-electron chi connectivity index (χ4n) is 1.98. The molecule has 0 aliphatic carbocycles. The topological polar surface area (TPSA) is 80.2 Å². The standard InChI is InChI=1S/C17H16FN3O3/c1-3-15(22)20-14-9-12(4-5-13(14)18)19-16(23)10-21-7-6-11(2)8-17(21)24/h3-9H,1,10H2,2H3,(H,19,23)(H,20,22). The first-order valence-corrected chi connectivity index (χ1v) is 7.09. The zero-order valence-corrected chi connectivity index (χ0v) is 13.0. The van der Waals surface area contributed by atoms with Gasteiger partial charge in [-0.1, -0.05) is 6.58 Å². The lowest BCUT2D eigenvalue weighted by Crippen LogP contribution is -2.26. The smallest absolute Gasteiger partial charge is 0.251 e. The van der Waals surface area contributed by atoms with Crippen LogP contribution in [0, 0.1) is 12.7 Å². The number of rotatable bonds is 5. The Hall–Kier alpha value is -3.22. The Bertz CT molecular complexity index is 858. The second kappa shape index (κ2) is 7.36. The average molecular weight is 329 g/mol. The number of hydrogen-bond donors (Lipinski definition) is 2. The molecule has 124 valence electrons. The molecule has 0 saturated carbocycles. The van der Waals surface area contributed by atoms with Crippen LogP contribution in [0.4, 0.5) is 15.8 Å². The number of nitrogens with zero attached hydrogens (tertiary/aromatic N) is 1. The van der Waals surface area contributed by atoms with Crippen molar-refractivity contribution in [2.45, 2.75) is 13.5 Å². The number of carbonyl (C=O) groups excluding carboxylic acids is 2. The van der Waals surface area contributed by atoms with E-state index in [1.165, 1.54) is 29.0 Å². The summed E-state index contributed by atoms with van der Waals surface area (Å²) in [6, 6.07) is 6.90. The molecular formula is C17H16FN3O3. The van der Waals surface area contributed by atoms with Gasteiger partial charge in [-0.2, -0.15) is 0 Å². The van der Waals surface area contributed by atoms with Gasteiger partial charge in [0.1, 0.15) is 12.4 Å². The molecular weight excluding hydrogens is 313 g/mol. The van der Waals surface area contributed by atoms with Crippen molar-refractivity contribution in [2.24, 2.45) is 0 Å². The lowest BCUT2D eigenvalue weighted by Gasteiger charge is -2.10. The maximum absolute atomic E-state index is 13.6. The quantitative estimate of drug-likeness (QED) is 0.824. The van der Waals surface area contributed by atoms with E-state index < -0.39 is 17.6 Å². The van der Waals surface area contributed by atoms with Crippen LogP contribution in [-0.4, -0.2) is 16.4 Å². The normalized spacial score (nSPS) is 10.1. The largest absolute Gasteiger partial charge is 0.324 e. The van der Waals surface area contributed by atoms with E-state index in [-0.39, 0.29) is 17.8 Å². The molecule has 6 nitrogen and oxygen atoms in total. The molecule has 2 N–H and O–H groups in total. The molecule has 0 aliphatic heterocycles. The van der Waals surface area contributed by atoms with Crippen molar-refractivity contribution < 1.29 is 14.0 Å².